The zero-order chi connectivity index (χ0) is 18.9. The molecule has 0 aliphatic carbocycles. The SMILES string of the molecule is N#Cc1c(F)cccc1C(O)C(O)CCNC(=O)OCc1ccccc1. The van der Waals surface area contributed by atoms with Crippen molar-refractivity contribution in [3.63, 3.8) is 0 Å². The number of amides is 1. The molecule has 26 heavy (non-hydrogen) atoms. The van der Waals surface area contributed by atoms with Crippen molar-refractivity contribution in [3.8, 4) is 6.07 Å². The lowest BCUT2D eigenvalue weighted by atomic mass is 9.97. The Kier molecular flexibility index (Phi) is 7.09. The third-order valence-electron chi connectivity index (χ3n) is 3.76. The Morgan fingerprint density at radius 2 is 1.92 bits per heavy atom. The second-order valence-electron chi connectivity index (χ2n) is 5.61. The molecule has 0 aliphatic rings. The van der Waals surface area contributed by atoms with Gasteiger partial charge in [0.05, 0.1) is 11.7 Å². The lowest BCUT2D eigenvalue weighted by molar-refractivity contribution is 0.0133. The molecule has 136 valence electrons. The predicted molar refractivity (Wildman–Crippen MR) is 91.3 cm³/mol. The maximum Gasteiger partial charge on any atom is 0.407 e. The maximum absolute atomic E-state index is 13.6. The van der Waals surface area contributed by atoms with Crippen molar-refractivity contribution < 1.29 is 24.1 Å². The number of halogens is 1. The summed E-state index contributed by atoms with van der Waals surface area (Å²) >= 11 is 0. The monoisotopic (exact) mass is 358 g/mol. The van der Waals surface area contributed by atoms with Crippen LogP contribution >= 0.6 is 0 Å². The highest BCUT2D eigenvalue weighted by Gasteiger charge is 2.23. The van der Waals surface area contributed by atoms with Crippen LogP contribution in [0.25, 0.3) is 0 Å². The zero-order valence-corrected chi connectivity index (χ0v) is 13.9. The largest absolute Gasteiger partial charge is 0.445 e. The average Bonchev–Trinajstić information content (AvgIpc) is 2.66. The fourth-order valence-electron chi connectivity index (χ4n) is 2.37. The van der Waals surface area contributed by atoms with Crippen molar-refractivity contribution in [1.82, 2.24) is 5.32 Å². The highest BCUT2D eigenvalue weighted by atomic mass is 19.1. The number of carbonyl (C=O) groups excluding carboxylic acids is 1. The summed E-state index contributed by atoms with van der Waals surface area (Å²) in [6, 6.07) is 14.6. The van der Waals surface area contributed by atoms with Crippen molar-refractivity contribution >= 4 is 6.09 Å². The molecular weight excluding hydrogens is 339 g/mol. The van der Waals surface area contributed by atoms with E-state index in [2.05, 4.69) is 5.32 Å². The number of aliphatic hydroxyl groups is 2. The molecule has 0 aliphatic heterocycles. The van der Waals surface area contributed by atoms with E-state index in [0.29, 0.717) is 0 Å². The Balaban J connectivity index is 1.79. The van der Waals surface area contributed by atoms with Gasteiger partial charge in [-0.2, -0.15) is 5.26 Å². The Morgan fingerprint density at radius 1 is 1.19 bits per heavy atom. The maximum atomic E-state index is 13.6. The number of hydrogen-bond acceptors (Lipinski definition) is 5. The number of carbonyl (C=O) groups is 1. The summed E-state index contributed by atoms with van der Waals surface area (Å²) in [6.07, 6.45) is -3.37. The van der Waals surface area contributed by atoms with Crippen LogP contribution in [0, 0.1) is 17.1 Å². The average molecular weight is 358 g/mol. The van der Waals surface area contributed by atoms with E-state index in [1.807, 2.05) is 30.3 Å². The third-order valence-corrected chi connectivity index (χ3v) is 3.76. The molecule has 2 atom stereocenters. The van der Waals surface area contributed by atoms with Crippen LogP contribution in [0.15, 0.2) is 48.5 Å². The Morgan fingerprint density at radius 3 is 2.62 bits per heavy atom. The Hall–Kier alpha value is -2.95. The van der Waals surface area contributed by atoms with Gasteiger partial charge in [-0.1, -0.05) is 42.5 Å². The lowest BCUT2D eigenvalue weighted by Gasteiger charge is -2.19. The summed E-state index contributed by atoms with van der Waals surface area (Å²) in [5.74, 6) is -0.765. The summed E-state index contributed by atoms with van der Waals surface area (Å²) in [5, 5.41) is 31.6. The topological polar surface area (TPSA) is 103 Å². The normalized spacial score (nSPS) is 12.7. The molecule has 0 saturated carbocycles. The number of ether oxygens (including phenoxy) is 1. The Bertz CT molecular complexity index is 777. The molecule has 0 spiro atoms. The van der Waals surface area contributed by atoms with Crippen LogP contribution in [0.4, 0.5) is 9.18 Å². The summed E-state index contributed by atoms with van der Waals surface area (Å²) in [4.78, 5) is 11.6. The smallest absolute Gasteiger partial charge is 0.407 e. The molecule has 1 amide bonds. The van der Waals surface area contributed by atoms with Gasteiger partial charge in [0.1, 0.15) is 24.6 Å². The molecule has 2 aromatic rings. The van der Waals surface area contributed by atoms with E-state index in [0.717, 1.165) is 11.6 Å². The minimum atomic E-state index is -1.44. The molecule has 2 unspecified atom stereocenters. The van der Waals surface area contributed by atoms with Crippen LogP contribution in [0.3, 0.4) is 0 Å². The van der Waals surface area contributed by atoms with Crippen molar-refractivity contribution in [2.24, 2.45) is 0 Å². The number of benzene rings is 2. The molecule has 2 rings (SSSR count). The fraction of sp³-hybridized carbons (Fsp3) is 0.263. The van der Waals surface area contributed by atoms with Gasteiger partial charge in [-0.05, 0) is 18.1 Å². The van der Waals surface area contributed by atoms with Crippen LogP contribution < -0.4 is 5.32 Å². The number of rotatable bonds is 7. The molecule has 7 heteroatoms. The van der Waals surface area contributed by atoms with Crippen LogP contribution in [0.2, 0.25) is 0 Å². The number of nitriles is 1. The van der Waals surface area contributed by atoms with Crippen LogP contribution in [-0.2, 0) is 11.3 Å². The van der Waals surface area contributed by atoms with Crippen molar-refractivity contribution in [3.05, 3.63) is 71.0 Å². The van der Waals surface area contributed by atoms with Gasteiger partial charge in [-0.3, -0.25) is 0 Å². The second-order valence-corrected chi connectivity index (χ2v) is 5.61. The molecule has 0 heterocycles. The molecule has 0 aromatic heterocycles. The van der Waals surface area contributed by atoms with Gasteiger partial charge in [0.2, 0.25) is 0 Å². The fourth-order valence-corrected chi connectivity index (χ4v) is 2.37. The Labute approximate surface area is 150 Å². The zero-order valence-electron chi connectivity index (χ0n) is 13.9. The van der Waals surface area contributed by atoms with Crippen molar-refractivity contribution in [2.45, 2.75) is 25.2 Å². The number of alkyl carbamates (subject to hydrolysis) is 1. The molecule has 6 nitrogen and oxygen atoms in total. The van der Waals surface area contributed by atoms with E-state index in [4.69, 9.17) is 10.00 Å². The van der Waals surface area contributed by atoms with E-state index in [1.165, 1.54) is 12.1 Å². The van der Waals surface area contributed by atoms with E-state index in [9.17, 15) is 19.4 Å². The van der Waals surface area contributed by atoms with E-state index < -0.39 is 24.1 Å². The van der Waals surface area contributed by atoms with E-state index in [1.54, 1.807) is 6.07 Å². The van der Waals surface area contributed by atoms with Gasteiger partial charge in [-0.15, -0.1) is 0 Å². The van der Waals surface area contributed by atoms with E-state index >= 15 is 0 Å². The quantitative estimate of drug-likeness (QED) is 0.705. The summed E-state index contributed by atoms with van der Waals surface area (Å²) in [7, 11) is 0. The second kappa shape index (κ2) is 9.51. The van der Waals surface area contributed by atoms with E-state index in [-0.39, 0.29) is 30.7 Å². The first-order valence-corrected chi connectivity index (χ1v) is 8.02. The standard InChI is InChI=1S/C19H19FN2O4/c20-16-8-4-7-14(15(16)11-21)18(24)17(23)9-10-22-19(25)26-12-13-5-2-1-3-6-13/h1-8,17-18,23-24H,9-10,12H2,(H,22,25). The highest BCUT2D eigenvalue weighted by molar-refractivity contribution is 5.67. The minimum absolute atomic E-state index is 0.00296. The lowest BCUT2D eigenvalue weighted by Crippen LogP contribution is -2.30. The van der Waals surface area contributed by atoms with Crippen molar-refractivity contribution in [1.29, 1.82) is 5.26 Å². The predicted octanol–water partition coefficient (Wildman–Crippen LogP) is 2.41. The molecular formula is C19H19FN2O4. The first-order valence-electron chi connectivity index (χ1n) is 8.02. The van der Waals surface area contributed by atoms with Gasteiger partial charge >= 0.3 is 6.09 Å². The minimum Gasteiger partial charge on any atom is -0.445 e. The molecule has 0 fully saturated rings. The van der Waals surface area contributed by atoms with Crippen LogP contribution in [0.5, 0.6) is 0 Å². The first-order chi connectivity index (χ1) is 12.5. The first kappa shape index (κ1) is 19.4. The van der Waals surface area contributed by atoms with Gasteiger partial charge in [0.25, 0.3) is 0 Å². The van der Waals surface area contributed by atoms with Crippen LogP contribution in [0.1, 0.15) is 29.2 Å². The summed E-state index contributed by atoms with van der Waals surface area (Å²) < 4.78 is 18.6. The van der Waals surface area contributed by atoms with Gasteiger partial charge in [-0.25, -0.2) is 9.18 Å². The number of nitrogens with one attached hydrogen (secondary N) is 1. The van der Waals surface area contributed by atoms with Crippen LogP contribution in [-0.4, -0.2) is 29.0 Å². The summed E-state index contributed by atoms with van der Waals surface area (Å²) in [6.45, 7) is 0.162. The molecule has 2 aromatic carbocycles. The van der Waals surface area contributed by atoms with Gasteiger partial charge in [0.15, 0.2) is 0 Å². The van der Waals surface area contributed by atoms with Gasteiger partial charge < -0.3 is 20.3 Å². The van der Waals surface area contributed by atoms with Gasteiger partial charge in [0, 0.05) is 12.1 Å². The number of nitrogens with zero attached hydrogens (tertiary/aromatic N) is 1. The third kappa shape index (κ3) is 5.28. The number of hydrogen-bond donors (Lipinski definition) is 3. The van der Waals surface area contributed by atoms with Crippen molar-refractivity contribution in [2.75, 3.05) is 6.54 Å². The highest BCUT2D eigenvalue weighted by Crippen LogP contribution is 2.24. The number of aliphatic hydroxyl groups excluding tert-OH is 2. The molecule has 0 bridgehead atoms. The molecule has 0 saturated heterocycles. The summed E-state index contributed by atoms with van der Waals surface area (Å²) in [5.41, 5.74) is 0.536. The molecule has 3 N–H and O–H groups in total. The molecule has 0 radical (unpaired) electrons.